The predicted octanol–water partition coefficient (Wildman–Crippen LogP) is 2.21. The number of carbonyl (C=O) groups is 3. The zero-order chi connectivity index (χ0) is 40.6. The molecule has 3 aliphatic rings. The SMILES string of the molecule is CC(C)c1cc(-c2nnc(O)n2-c2ccc(CN3CCN(N4C(=O)N([C@@H]5O[C@H](CO)[C@@H](O)C5(F)F)CC=C4N(CCC=O)C(=O)O)CC3)c(F)c2)c(O)cc1O. The van der Waals surface area contributed by atoms with Crippen molar-refractivity contribution in [3.05, 3.63) is 59.2 Å². The number of piperazine rings is 1. The number of phenols is 2. The summed E-state index contributed by atoms with van der Waals surface area (Å²) in [6.07, 6.45) is -6.42. The average Bonchev–Trinajstić information content (AvgIpc) is 3.64. The van der Waals surface area contributed by atoms with E-state index in [1.54, 1.807) is 0 Å². The Balaban J connectivity index is 1.20. The molecule has 0 aliphatic carbocycles. The molecule has 0 radical (unpaired) electrons. The number of aldehydes is 1. The van der Waals surface area contributed by atoms with E-state index in [4.69, 9.17) is 4.74 Å². The van der Waals surface area contributed by atoms with Gasteiger partial charge in [-0.25, -0.2) is 28.6 Å². The van der Waals surface area contributed by atoms with Gasteiger partial charge in [-0.1, -0.05) is 25.0 Å². The maximum absolute atomic E-state index is 15.7. The topological polar surface area (TPSA) is 229 Å². The van der Waals surface area contributed by atoms with Gasteiger partial charge >= 0.3 is 24.1 Å². The highest BCUT2D eigenvalue weighted by molar-refractivity contribution is 5.79. The second-order valence-electron chi connectivity index (χ2n) is 13.8. The molecule has 6 rings (SSSR count). The number of urea groups is 1. The Bertz CT molecular complexity index is 2010. The molecule has 3 atom stereocenters. The van der Waals surface area contributed by atoms with Crippen molar-refractivity contribution in [1.29, 1.82) is 0 Å². The smallest absolute Gasteiger partial charge is 0.413 e. The summed E-state index contributed by atoms with van der Waals surface area (Å²) in [6.45, 7) is 2.37. The molecule has 6 N–H and O–H groups in total. The lowest BCUT2D eigenvalue weighted by Gasteiger charge is -2.47. The summed E-state index contributed by atoms with van der Waals surface area (Å²) in [4.78, 5) is 40.6. The van der Waals surface area contributed by atoms with Crippen LogP contribution in [0.15, 0.2) is 42.2 Å². The second-order valence-corrected chi connectivity index (χ2v) is 13.8. The number of carbonyl (C=O) groups excluding carboxylic acids is 2. The van der Waals surface area contributed by atoms with Crippen LogP contribution in [0.3, 0.4) is 0 Å². The number of rotatable bonds is 12. The molecule has 3 aromatic rings. The van der Waals surface area contributed by atoms with Crippen molar-refractivity contribution in [2.45, 2.75) is 57.1 Å². The molecule has 302 valence electrons. The molecule has 0 saturated carbocycles. The Labute approximate surface area is 317 Å². The Morgan fingerprint density at radius 2 is 1.80 bits per heavy atom. The summed E-state index contributed by atoms with van der Waals surface area (Å²) in [6, 6.07) is 5.12. The third kappa shape index (κ3) is 7.42. The summed E-state index contributed by atoms with van der Waals surface area (Å²) >= 11 is 0. The highest BCUT2D eigenvalue weighted by Crippen LogP contribution is 2.41. The van der Waals surface area contributed by atoms with Gasteiger partial charge in [0.05, 0.1) is 17.9 Å². The predicted molar refractivity (Wildman–Crippen MR) is 187 cm³/mol. The van der Waals surface area contributed by atoms with Crippen LogP contribution in [0.25, 0.3) is 17.1 Å². The zero-order valence-electron chi connectivity index (χ0n) is 30.2. The third-order valence-electron chi connectivity index (χ3n) is 9.91. The van der Waals surface area contributed by atoms with Gasteiger partial charge in [0.15, 0.2) is 11.9 Å². The minimum absolute atomic E-state index is 0.00959. The molecule has 3 aliphatic heterocycles. The Morgan fingerprint density at radius 3 is 2.41 bits per heavy atom. The summed E-state index contributed by atoms with van der Waals surface area (Å²) in [5.74, 6) is -5.46. The van der Waals surface area contributed by atoms with Crippen LogP contribution in [0, 0.1) is 5.82 Å². The maximum atomic E-state index is 15.7. The molecule has 18 nitrogen and oxygen atoms in total. The highest BCUT2D eigenvalue weighted by Gasteiger charge is 2.62. The van der Waals surface area contributed by atoms with Crippen molar-refractivity contribution in [3.8, 4) is 34.6 Å². The van der Waals surface area contributed by atoms with Crippen molar-refractivity contribution in [2.75, 3.05) is 45.9 Å². The normalized spacial score (nSPS) is 21.8. The number of halogens is 3. The van der Waals surface area contributed by atoms with Crippen LogP contribution in [0.1, 0.15) is 37.3 Å². The number of amides is 3. The van der Waals surface area contributed by atoms with E-state index in [2.05, 4.69) is 10.2 Å². The van der Waals surface area contributed by atoms with E-state index in [-0.39, 0.29) is 91.6 Å². The van der Waals surface area contributed by atoms with Crippen molar-refractivity contribution in [2.24, 2.45) is 0 Å². The fourth-order valence-corrected chi connectivity index (χ4v) is 6.95. The van der Waals surface area contributed by atoms with E-state index in [0.29, 0.717) is 16.7 Å². The van der Waals surface area contributed by atoms with Crippen molar-refractivity contribution >= 4 is 18.4 Å². The molecule has 2 aromatic carbocycles. The van der Waals surface area contributed by atoms with E-state index < -0.39 is 61.5 Å². The first-order chi connectivity index (χ1) is 26.6. The fraction of sp³-hybridized carbons (Fsp3) is 0.457. The van der Waals surface area contributed by atoms with Crippen LogP contribution in [0.2, 0.25) is 0 Å². The number of hydrogen-bond donors (Lipinski definition) is 6. The summed E-state index contributed by atoms with van der Waals surface area (Å²) in [5.41, 5.74) is 1.02. The lowest BCUT2D eigenvalue weighted by molar-refractivity contribution is -0.161. The van der Waals surface area contributed by atoms with E-state index >= 15 is 13.2 Å². The van der Waals surface area contributed by atoms with Crippen LogP contribution in [0.5, 0.6) is 17.5 Å². The number of benzene rings is 2. The van der Waals surface area contributed by atoms with Gasteiger partial charge in [-0.05, 0) is 35.8 Å². The maximum Gasteiger partial charge on any atom is 0.413 e. The van der Waals surface area contributed by atoms with Crippen LogP contribution in [0.4, 0.5) is 22.8 Å². The molecule has 2 fully saturated rings. The third-order valence-corrected chi connectivity index (χ3v) is 9.91. The highest BCUT2D eigenvalue weighted by atomic mass is 19.3. The van der Waals surface area contributed by atoms with E-state index in [1.165, 1.54) is 29.3 Å². The lowest BCUT2D eigenvalue weighted by Crippen LogP contribution is -2.64. The molecular formula is C35H41F3N8O10. The van der Waals surface area contributed by atoms with Gasteiger partial charge in [0.25, 0.3) is 0 Å². The second kappa shape index (κ2) is 15.9. The van der Waals surface area contributed by atoms with Crippen molar-refractivity contribution in [3.63, 3.8) is 0 Å². The van der Waals surface area contributed by atoms with E-state index in [0.717, 1.165) is 26.6 Å². The standard InChI is InChI=1S/C35H41F3N8O10/c1-19(2)22-15-23(26(50)16-25(22)49)30-39-40-32(52)45(30)21-5-4-20(24(36)14-21)17-41-9-11-42(12-10-41)46-28(43(34(54)55)7-3-13-47)6-8-44(33(46)53)31-35(37,38)29(51)27(18-48)56-31/h4-6,13-16,19,27,29,31,48-51H,3,7-12,17-18H2,1-2H3,(H,40,52)(H,54,55)/t27-,29-,31-/m1/s1. The molecule has 21 heteroatoms. The number of aromatic nitrogens is 3. The molecule has 1 aromatic heterocycles. The number of aliphatic hydroxyl groups excluding tert-OH is 2. The molecule has 0 bridgehead atoms. The summed E-state index contributed by atoms with van der Waals surface area (Å²) in [5, 5.41) is 71.0. The summed E-state index contributed by atoms with van der Waals surface area (Å²) < 4.78 is 52.4. The fourth-order valence-electron chi connectivity index (χ4n) is 6.95. The van der Waals surface area contributed by atoms with Crippen molar-refractivity contribution in [1.82, 2.24) is 39.5 Å². The van der Waals surface area contributed by atoms with E-state index in [9.17, 15) is 45.0 Å². The molecule has 2 saturated heterocycles. The number of phenolic OH excluding ortho intramolecular Hbond substituents is 2. The molecule has 56 heavy (non-hydrogen) atoms. The van der Waals surface area contributed by atoms with Gasteiger partial charge in [0, 0.05) is 63.9 Å². The number of aromatic hydroxyl groups is 3. The Morgan fingerprint density at radius 1 is 1.09 bits per heavy atom. The largest absolute Gasteiger partial charge is 0.508 e. The van der Waals surface area contributed by atoms with Gasteiger partial charge in [0.2, 0.25) is 6.23 Å². The van der Waals surface area contributed by atoms with Crippen LogP contribution in [-0.4, -0.2) is 159 Å². The molecule has 4 heterocycles. The Kier molecular flexibility index (Phi) is 11.4. The summed E-state index contributed by atoms with van der Waals surface area (Å²) in [7, 11) is 0. The van der Waals surface area contributed by atoms with Gasteiger partial charge in [-0.2, -0.15) is 8.78 Å². The number of hydrazine groups is 1. The number of nitrogens with zero attached hydrogens (tertiary/aromatic N) is 8. The van der Waals surface area contributed by atoms with Gasteiger partial charge in [-0.3, -0.25) is 14.7 Å². The van der Waals surface area contributed by atoms with Crippen LogP contribution >= 0.6 is 0 Å². The minimum Gasteiger partial charge on any atom is -0.508 e. The van der Waals surface area contributed by atoms with Gasteiger partial charge in [-0.15, -0.1) is 5.10 Å². The first-order valence-electron chi connectivity index (χ1n) is 17.6. The first kappa shape index (κ1) is 40.2. The molecular weight excluding hydrogens is 749 g/mol. The molecule has 0 unspecified atom stereocenters. The minimum atomic E-state index is -3.98. The number of carboxylic acid groups (broad SMARTS) is 1. The van der Waals surface area contributed by atoms with Gasteiger partial charge < -0.3 is 40.2 Å². The zero-order valence-corrected chi connectivity index (χ0v) is 30.2. The molecule has 0 spiro atoms. The number of hydrogen-bond acceptors (Lipinski definition) is 13. The monoisotopic (exact) mass is 790 g/mol. The average molecular weight is 791 g/mol. The van der Waals surface area contributed by atoms with E-state index in [1.807, 2.05) is 18.7 Å². The quantitative estimate of drug-likeness (QED) is 0.145. The number of aliphatic hydroxyl groups is 2. The number of ether oxygens (including phenoxy) is 1. The lowest BCUT2D eigenvalue weighted by atomic mass is 9.98. The number of alkyl halides is 2. The van der Waals surface area contributed by atoms with Crippen molar-refractivity contribution < 1.29 is 62.9 Å². The molecule has 3 amide bonds. The first-order valence-corrected chi connectivity index (χ1v) is 17.6. The van der Waals surface area contributed by atoms with Crippen LogP contribution < -0.4 is 0 Å². The Hall–Kier alpha value is -5.48. The van der Waals surface area contributed by atoms with Crippen LogP contribution in [-0.2, 0) is 16.1 Å². The van der Waals surface area contributed by atoms with Gasteiger partial charge in [0.1, 0.15) is 35.5 Å².